The molecule has 0 fully saturated rings. The lowest BCUT2D eigenvalue weighted by molar-refractivity contribution is -0.159. The number of carbonyl (C=O) groups is 1. The predicted octanol–water partition coefficient (Wildman–Crippen LogP) is -0.623. The van der Waals surface area contributed by atoms with E-state index in [0.29, 0.717) is 5.69 Å². The van der Waals surface area contributed by atoms with E-state index >= 15 is 0 Å². The molecule has 0 aliphatic carbocycles. The van der Waals surface area contributed by atoms with Gasteiger partial charge >= 0.3 is 5.97 Å². The molecule has 6 heteroatoms. The first-order chi connectivity index (χ1) is 7.07. The van der Waals surface area contributed by atoms with Crippen LogP contribution in [0.1, 0.15) is 18.7 Å². The second-order valence-corrected chi connectivity index (χ2v) is 3.07. The molecule has 84 valence electrons. The smallest absolute Gasteiger partial charge is 0.338 e. The van der Waals surface area contributed by atoms with E-state index in [-0.39, 0.29) is 6.61 Å². The van der Waals surface area contributed by atoms with Gasteiger partial charge in [0, 0.05) is 7.05 Å². The molecule has 0 amide bonds. The minimum Gasteiger partial charge on any atom is -0.464 e. The van der Waals surface area contributed by atoms with Crippen molar-refractivity contribution in [3.8, 4) is 0 Å². The van der Waals surface area contributed by atoms with Gasteiger partial charge in [0.25, 0.3) is 0 Å². The Morgan fingerprint density at radius 1 is 1.67 bits per heavy atom. The number of hydrogen-bond donors (Lipinski definition) is 2. The van der Waals surface area contributed by atoms with Crippen LogP contribution in [0.3, 0.4) is 0 Å². The summed E-state index contributed by atoms with van der Waals surface area (Å²) in [6.07, 6.45) is -0.0549. The van der Waals surface area contributed by atoms with Crippen LogP contribution in [0.25, 0.3) is 0 Å². The number of aromatic nitrogens is 2. The molecule has 1 heterocycles. The molecule has 0 spiro atoms. The maximum atomic E-state index is 11.1. The summed E-state index contributed by atoms with van der Waals surface area (Å²) >= 11 is 0. The van der Waals surface area contributed by atoms with E-state index in [1.54, 1.807) is 14.0 Å². The minimum absolute atomic E-state index is 0.161. The predicted molar refractivity (Wildman–Crippen MR) is 50.8 cm³/mol. The fourth-order valence-electron chi connectivity index (χ4n) is 1.17. The normalized spacial score (nSPS) is 14.7. The van der Waals surface area contributed by atoms with Gasteiger partial charge in [-0.05, 0) is 6.92 Å². The summed E-state index contributed by atoms with van der Waals surface area (Å²) < 4.78 is 6.11. The quantitative estimate of drug-likeness (QED) is 0.652. The molecule has 6 nitrogen and oxygen atoms in total. The molecule has 15 heavy (non-hydrogen) atoms. The first-order valence-electron chi connectivity index (χ1n) is 4.57. The van der Waals surface area contributed by atoms with Gasteiger partial charge in [-0.25, -0.2) is 9.78 Å². The van der Waals surface area contributed by atoms with Crippen molar-refractivity contribution < 1.29 is 19.7 Å². The van der Waals surface area contributed by atoms with Crippen molar-refractivity contribution in [3.63, 3.8) is 0 Å². The molecule has 0 aliphatic rings. The fraction of sp³-hybridized carbons (Fsp3) is 0.556. The van der Waals surface area contributed by atoms with Gasteiger partial charge in [0.1, 0.15) is 6.10 Å². The number of aliphatic hydroxyl groups is 2. The maximum Gasteiger partial charge on any atom is 0.338 e. The molecule has 0 aliphatic heterocycles. The van der Waals surface area contributed by atoms with Gasteiger partial charge in [-0.2, -0.15) is 0 Å². The van der Waals surface area contributed by atoms with E-state index in [9.17, 15) is 15.0 Å². The molecular weight excluding hydrogens is 200 g/mol. The molecule has 2 N–H and O–H groups in total. The van der Waals surface area contributed by atoms with Crippen LogP contribution in [0.2, 0.25) is 0 Å². The zero-order chi connectivity index (χ0) is 11.4. The van der Waals surface area contributed by atoms with Gasteiger partial charge in [-0.15, -0.1) is 0 Å². The van der Waals surface area contributed by atoms with E-state index in [0.717, 1.165) is 0 Å². The summed E-state index contributed by atoms with van der Waals surface area (Å²) in [4.78, 5) is 14.9. The van der Waals surface area contributed by atoms with Crippen molar-refractivity contribution in [1.29, 1.82) is 0 Å². The Hall–Kier alpha value is -1.40. The Kier molecular flexibility index (Phi) is 3.81. The maximum absolute atomic E-state index is 11.1. The molecule has 0 radical (unpaired) electrons. The molecule has 1 aromatic heterocycles. The summed E-state index contributed by atoms with van der Waals surface area (Å²) in [5.41, 5.74) is 0.357. The zero-order valence-electron chi connectivity index (χ0n) is 8.62. The van der Waals surface area contributed by atoms with Crippen molar-refractivity contribution in [3.05, 3.63) is 18.2 Å². The molecule has 2 unspecified atom stereocenters. The van der Waals surface area contributed by atoms with Gasteiger partial charge in [0.05, 0.1) is 24.8 Å². The van der Waals surface area contributed by atoms with E-state index in [1.807, 2.05) is 0 Å². The third-order valence-electron chi connectivity index (χ3n) is 1.98. The first-order valence-corrected chi connectivity index (χ1v) is 4.57. The molecule has 2 atom stereocenters. The van der Waals surface area contributed by atoms with Gasteiger partial charge in [-0.1, -0.05) is 0 Å². The Morgan fingerprint density at radius 2 is 2.33 bits per heavy atom. The Labute approximate surface area is 87.1 Å². The van der Waals surface area contributed by atoms with Crippen LogP contribution in [0.4, 0.5) is 0 Å². The van der Waals surface area contributed by atoms with E-state index in [2.05, 4.69) is 9.72 Å². The van der Waals surface area contributed by atoms with Crippen molar-refractivity contribution in [2.75, 3.05) is 6.61 Å². The van der Waals surface area contributed by atoms with Crippen molar-refractivity contribution in [1.82, 2.24) is 9.55 Å². The highest BCUT2D eigenvalue weighted by Crippen LogP contribution is 2.16. The third-order valence-corrected chi connectivity index (χ3v) is 1.98. The fourth-order valence-corrected chi connectivity index (χ4v) is 1.17. The van der Waals surface area contributed by atoms with E-state index < -0.39 is 18.2 Å². The van der Waals surface area contributed by atoms with Crippen LogP contribution >= 0.6 is 0 Å². The first kappa shape index (κ1) is 11.7. The molecule has 1 aromatic rings. The number of aliphatic hydroxyl groups excluding tert-OH is 2. The minimum atomic E-state index is -1.58. The largest absolute Gasteiger partial charge is 0.464 e. The Bertz CT molecular complexity index is 337. The highest BCUT2D eigenvalue weighted by Gasteiger charge is 2.28. The Morgan fingerprint density at radius 3 is 2.80 bits per heavy atom. The van der Waals surface area contributed by atoms with Crippen molar-refractivity contribution in [2.24, 2.45) is 7.05 Å². The standard InChI is InChI=1S/C9H14N2O4/c1-3-15-9(14)8(13)7(12)6-4-10-5-11(6)2/h4-5,7-8,12-13H,3H2,1-2H3. The summed E-state index contributed by atoms with van der Waals surface area (Å²) in [5.74, 6) is -0.841. The van der Waals surface area contributed by atoms with Gasteiger partial charge < -0.3 is 19.5 Å². The third kappa shape index (κ3) is 2.54. The number of hydrogen-bond acceptors (Lipinski definition) is 5. The van der Waals surface area contributed by atoms with Crippen LogP contribution < -0.4 is 0 Å². The average molecular weight is 214 g/mol. The van der Waals surface area contributed by atoms with Crippen LogP contribution in [0.5, 0.6) is 0 Å². The summed E-state index contributed by atoms with van der Waals surface area (Å²) in [6.45, 7) is 1.79. The van der Waals surface area contributed by atoms with Gasteiger partial charge in [0.2, 0.25) is 0 Å². The van der Waals surface area contributed by atoms with E-state index in [4.69, 9.17) is 0 Å². The summed E-state index contributed by atoms with van der Waals surface area (Å²) in [5, 5.41) is 19.1. The Balaban J connectivity index is 2.72. The molecule has 0 saturated carbocycles. The second kappa shape index (κ2) is 4.90. The number of aryl methyl sites for hydroxylation is 1. The van der Waals surface area contributed by atoms with E-state index in [1.165, 1.54) is 17.1 Å². The number of nitrogens with zero attached hydrogens (tertiary/aromatic N) is 2. The number of imidazole rings is 1. The number of ether oxygens (including phenoxy) is 1. The number of esters is 1. The average Bonchev–Trinajstić information content (AvgIpc) is 2.62. The lowest BCUT2D eigenvalue weighted by atomic mass is 10.1. The summed E-state index contributed by atoms with van der Waals surface area (Å²) in [6, 6.07) is 0. The SMILES string of the molecule is CCOC(=O)C(O)C(O)c1cncn1C. The van der Waals surface area contributed by atoms with Gasteiger partial charge in [0.15, 0.2) is 6.10 Å². The lowest BCUT2D eigenvalue weighted by Gasteiger charge is -2.16. The van der Waals surface area contributed by atoms with Crippen molar-refractivity contribution >= 4 is 5.97 Å². The monoisotopic (exact) mass is 214 g/mol. The second-order valence-electron chi connectivity index (χ2n) is 3.07. The van der Waals surface area contributed by atoms with Gasteiger partial charge in [-0.3, -0.25) is 0 Å². The summed E-state index contributed by atoms with van der Waals surface area (Å²) in [7, 11) is 1.66. The van der Waals surface area contributed by atoms with Crippen molar-refractivity contribution in [2.45, 2.75) is 19.1 Å². The number of rotatable bonds is 4. The van der Waals surface area contributed by atoms with Crippen LogP contribution in [0.15, 0.2) is 12.5 Å². The highest BCUT2D eigenvalue weighted by molar-refractivity contribution is 5.75. The topological polar surface area (TPSA) is 84.6 Å². The molecular formula is C9H14N2O4. The molecule has 1 rings (SSSR count). The molecule has 0 aromatic carbocycles. The van der Waals surface area contributed by atoms with Crippen LogP contribution in [-0.4, -0.2) is 38.4 Å². The number of carbonyl (C=O) groups excluding carboxylic acids is 1. The molecule has 0 saturated heterocycles. The highest BCUT2D eigenvalue weighted by atomic mass is 16.5. The van der Waals surface area contributed by atoms with Crippen LogP contribution in [-0.2, 0) is 16.6 Å². The molecule has 0 bridgehead atoms. The lowest BCUT2D eigenvalue weighted by Crippen LogP contribution is -2.30. The zero-order valence-corrected chi connectivity index (χ0v) is 8.62. The van der Waals surface area contributed by atoms with Crippen LogP contribution in [0, 0.1) is 0 Å².